The zero-order valence-corrected chi connectivity index (χ0v) is 21.5. The molecule has 0 aromatic heterocycles. The molecule has 4 atom stereocenters. The van der Waals surface area contributed by atoms with Gasteiger partial charge in [-0.15, -0.1) is 11.8 Å². The van der Waals surface area contributed by atoms with Crippen molar-refractivity contribution in [3.63, 3.8) is 0 Å². The lowest BCUT2D eigenvalue weighted by Gasteiger charge is -2.48. The maximum atomic E-state index is 12.9. The molecule has 1 aliphatic rings. The summed E-state index contributed by atoms with van der Waals surface area (Å²) in [6, 6.07) is 13.9. The first kappa shape index (κ1) is 26.8. The zero-order valence-electron chi connectivity index (χ0n) is 19.1. The molecule has 3 rings (SSSR count). The number of nitrogens with one attached hydrogen (secondary N) is 1. The second-order valence-corrected chi connectivity index (χ2v) is 10.7. The number of β-lactam (4-membered cyclic amide) rings is 1. The molecule has 2 amide bonds. The number of carbonyl (C=O) groups is 3. The number of nitrogens with zero attached hydrogens (tertiary/aromatic N) is 1. The number of amides is 2. The number of methoxy groups -OCH3 is 1. The average molecular weight is 537 g/mol. The van der Waals surface area contributed by atoms with Gasteiger partial charge < -0.3 is 19.7 Å². The molecule has 1 saturated heterocycles. The van der Waals surface area contributed by atoms with E-state index in [1.54, 1.807) is 38.3 Å². The van der Waals surface area contributed by atoms with Crippen LogP contribution < -0.4 is 10.1 Å². The summed E-state index contributed by atoms with van der Waals surface area (Å²) < 4.78 is 22.8. The highest BCUT2D eigenvalue weighted by Crippen LogP contribution is 2.31. The Labute approximate surface area is 214 Å². The van der Waals surface area contributed by atoms with Crippen molar-refractivity contribution in [2.45, 2.75) is 35.9 Å². The van der Waals surface area contributed by atoms with Crippen LogP contribution in [0.25, 0.3) is 0 Å². The third-order valence-electron chi connectivity index (χ3n) is 5.21. The van der Waals surface area contributed by atoms with Crippen molar-refractivity contribution in [1.82, 2.24) is 10.2 Å². The summed E-state index contributed by atoms with van der Waals surface area (Å²) in [5.41, 5.74) is 1.03. The van der Waals surface area contributed by atoms with E-state index in [1.165, 1.54) is 11.8 Å². The summed E-state index contributed by atoms with van der Waals surface area (Å²) in [5.74, 6) is -1.02. The van der Waals surface area contributed by atoms with Crippen LogP contribution in [0.1, 0.15) is 12.5 Å². The van der Waals surface area contributed by atoms with Crippen LogP contribution in [0, 0.1) is 0 Å². The van der Waals surface area contributed by atoms with Gasteiger partial charge in [0.25, 0.3) is 0 Å². The number of rotatable bonds is 11. The van der Waals surface area contributed by atoms with Gasteiger partial charge in [-0.3, -0.25) is 9.59 Å². The lowest BCUT2D eigenvalue weighted by molar-refractivity contribution is -0.163. The zero-order chi connectivity index (χ0) is 25.5. The van der Waals surface area contributed by atoms with Crippen molar-refractivity contribution in [3.8, 4) is 5.75 Å². The van der Waals surface area contributed by atoms with Crippen molar-refractivity contribution in [1.29, 1.82) is 0 Å². The normalized spacial score (nSPS) is 18.7. The highest BCUT2D eigenvalue weighted by molar-refractivity contribution is 8.08. The molecule has 0 bridgehead atoms. The first-order valence-corrected chi connectivity index (χ1v) is 13.6. The topological polar surface area (TPSA) is 102 Å². The summed E-state index contributed by atoms with van der Waals surface area (Å²) in [5, 5.41) is 1.47. The Morgan fingerprint density at radius 2 is 1.86 bits per heavy atom. The number of esters is 1. The van der Waals surface area contributed by atoms with E-state index in [-0.39, 0.29) is 12.4 Å². The Morgan fingerprint density at radius 3 is 2.43 bits per heavy atom. The van der Waals surface area contributed by atoms with E-state index in [0.717, 1.165) is 9.80 Å². The minimum Gasteiger partial charge on any atom is -0.497 e. The number of hydrogen-bond donors (Lipinski definition) is 1. The minimum atomic E-state index is -2.07. The number of hydrogen-bond acceptors (Lipinski definition) is 7. The number of ether oxygens (including phenoxy) is 2. The van der Waals surface area contributed by atoms with E-state index in [1.807, 2.05) is 30.3 Å². The lowest BCUT2D eigenvalue weighted by atomic mass is 9.99. The summed E-state index contributed by atoms with van der Waals surface area (Å²) in [7, 11) is 5.36. The standard InChI is InChI=1S/C24H25ClN2O6S2/c1-15(2)21(24(30)33-13-16-9-11-17(32-3)12-10-16)27-22(29)20(23(27)35(25)31)26-19(28)14-34-18-7-5-4-6-8-18/h4-12,20-21,23H,1,13-14H2,2-3H3,(H,26,28). The number of benzene rings is 2. The van der Waals surface area contributed by atoms with Crippen LogP contribution in [0.4, 0.5) is 0 Å². The van der Waals surface area contributed by atoms with Crippen molar-refractivity contribution in [3.05, 3.63) is 72.3 Å². The first-order valence-electron chi connectivity index (χ1n) is 10.5. The molecule has 186 valence electrons. The fourth-order valence-electron chi connectivity index (χ4n) is 3.48. The van der Waals surface area contributed by atoms with Crippen molar-refractivity contribution >= 4 is 50.2 Å². The third kappa shape index (κ3) is 6.65. The van der Waals surface area contributed by atoms with Gasteiger partial charge in [0, 0.05) is 4.90 Å². The number of thioether (sulfide) groups is 1. The second kappa shape index (κ2) is 12.2. The SMILES string of the molecule is C=C(C)C(C(=O)OCc1ccc(OC)cc1)N1C(=O)C(NC(=O)CSc2ccccc2)C1S(=O)Cl. The van der Waals surface area contributed by atoms with Crippen LogP contribution in [0.5, 0.6) is 5.75 Å². The summed E-state index contributed by atoms with van der Waals surface area (Å²) in [4.78, 5) is 40.2. The molecule has 1 aliphatic heterocycles. The van der Waals surface area contributed by atoms with Crippen LogP contribution in [-0.4, -0.2) is 57.2 Å². The Kier molecular flexibility index (Phi) is 9.36. The van der Waals surface area contributed by atoms with Gasteiger partial charge in [0.1, 0.15) is 28.4 Å². The van der Waals surface area contributed by atoms with E-state index in [0.29, 0.717) is 16.9 Å². The Morgan fingerprint density at radius 1 is 1.20 bits per heavy atom. The fourth-order valence-corrected chi connectivity index (χ4v) is 5.58. The smallest absolute Gasteiger partial charge is 0.333 e. The van der Waals surface area contributed by atoms with Crippen LogP contribution in [0.15, 0.2) is 71.6 Å². The molecule has 1 N–H and O–H groups in total. The summed E-state index contributed by atoms with van der Waals surface area (Å²) in [6.07, 6.45) is 0. The molecule has 1 heterocycles. The van der Waals surface area contributed by atoms with Crippen LogP contribution in [0.3, 0.4) is 0 Å². The maximum Gasteiger partial charge on any atom is 0.333 e. The molecule has 0 aliphatic carbocycles. The molecule has 0 saturated carbocycles. The molecule has 4 unspecified atom stereocenters. The highest BCUT2D eigenvalue weighted by atomic mass is 35.7. The molecule has 2 aromatic carbocycles. The molecule has 1 fully saturated rings. The van der Waals surface area contributed by atoms with Crippen molar-refractivity contribution in [2.24, 2.45) is 0 Å². The monoisotopic (exact) mass is 536 g/mol. The van der Waals surface area contributed by atoms with E-state index in [2.05, 4.69) is 11.9 Å². The lowest BCUT2D eigenvalue weighted by Crippen LogP contribution is -2.75. The van der Waals surface area contributed by atoms with E-state index in [4.69, 9.17) is 20.2 Å². The van der Waals surface area contributed by atoms with Gasteiger partial charge >= 0.3 is 5.97 Å². The molecule has 11 heteroatoms. The predicted molar refractivity (Wildman–Crippen MR) is 135 cm³/mol. The van der Waals surface area contributed by atoms with E-state index < -0.39 is 45.3 Å². The Hall–Kier alpha value is -2.82. The second-order valence-electron chi connectivity index (χ2n) is 7.74. The summed E-state index contributed by atoms with van der Waals surface area (Å²) >= 11 is 1.30. The molecule has 2 aromatic rings. The Balaban J connectivity index is 1.64. The van der Waals surface area contributed by atoms with Crippen LogP contribution in [0.2, 0.25) is 0 Å². The van der Waals surface area contributed by atoms with Crippen LogP contribution >= 0.6 is 22.4 Å². The molecule has 0 radical (unpaired) electrons. The van der Waals surface area contributed by atoms with E-state index in [9.17, 15) is 18.6 Å². The number of likely N-dealkylation sites (tertiary alicyclic amines) is 1. The van der Waals surface area contributed by atoms with Gasteiger partial charge in [-0.2, -0.15) is 0 Å². The molecular formula is C24H25ClN2O6S2. The quantitative estimate of drug-likeness (QED) is 0.155. The largest absolute Gasteiger partial charge is 0.497 e. The maximum absolute atomic E-state index is 12.9. The van der Waals surface area contributed by atoms with Crippen molar-refractivity contribution in [2.75, 3.05) is 12.9 Å². The van der Waals surface area contributed by atoms with Crippen LogP contribution in [-0.2, 0) is 35.7 Å². The average Bonchev–Trinajstić information content (AvgIpc) is 2.85. The number of halogens is 1. The molecular weight excluding hydrogens is 512 g/mol. The third-order valence-corrected chi connectivity index (χ3v) is 7.65. The number of carbonyl (C=O) groups excluding carboxylic acids is 3. The van der Waals surface area contributed by atoms with E-state index >= 15 is 0 Å². The summed E-state index contributed by atoms with van der Waals surface area (Å²) in [6.45, 7) is 5.31. The Bertz CT molecular complexity index is 1110. The van der Waals surface area contributed by atoms with Gasteiger partial charge in [-0.1, -0.05) is 36.9 Å². The van der Waals surface area contributed by atoms with Gasteiger partial charge in [0.2, 0.25) is 11.8 Å². The fraction of sp³-hybridized carbons (Fsp3) is 0.292. The molecule has 0 spiro atoms. The van der Waals surface area contributed by atoms with Gasteiger partial charge in [-0.25, -0.2) is 9.00 Å². The highest BCUT2D eigenvalue weighted by Gasteiger charge is 2.56. The predicted octanol–water partition coefficient (Wildman–Crippen LogP) is 3.03. The molecule has 8 nitrogen and oxygen atoms in total. The van der Waals surface area contributed by atoms with Crippen molar-refractivity contribution < 1.29 is 28.1 Å². The molecule has 35 heavy (non-hydrogen) atoms. The van der Waals surface area contributed by atoms with Gasteiger partial charge in [0.15, 0.2) is 11.4 Å². The van der Waals surface area contributed by atoms with Gasteiger partial charge in [0.05, 0.1) is 12.9 Å². The van der Waals surface area contributed by atoms with Gasteiger partial charge in [-0.05, 0) is 53.0 Å². The first-order chi connectivity index (χ1) is 16.7. The minimum absolute atomic E-state index is 0.0415.